The van der Waals surface area contributed by atoms with E-state index in [2.05, 4.69) is 15.6 Å². The fourth-order valence-electron chi connectivity index (χ4n) is 4.85. The van der Waals surface area contributed by atoms with Gasteiger partial charge in [-0.3, -0.25) is 4.79 Å². The number of ether oxygens (including phenoxy) is 1. The van der Waals surface area contributed by atoms with E-state index in [0.717, 1.165) is 11.1 Å². The molecule has 0 radical (unpaired) electrons. The van der Waals surface area contributed by atoms with Crippen LogP contribution in [-0.2, 0) is 23.1 Å². The van der Waals surface area contributed by atoms with Crippen LogP contribution >= 0.6 is 23.2 Å². The minimum atomic E-state index is -4.24. The number of hydrogen-bond donors (Lipinski definition) is 2. The molecule has 2 N–H and O–H groups in total. The van der Waals surface area contributed by atoms with Crippen molar-refractivity contribution in [1.82, 2.24) is 14.9 Å². The summed E-state index contributed by atoms with van der Waals surface area (Å²) in [4.78, 5) is 18.8. The Morgan fingerprint density at radius 2 is 1.97 bits per heavy atom. The molecule has 3 aromatic rings. The predicted molar refractivity (Wildman–Crippen MR) is 142 cm³/mol. The third-order valence-corrected chi connectivity index (χ3v) is 7.93. The normalized spacial score (nSPS) is 19.3. The van der Waals surface area contributed by atoms with Gasteiger partial charge in [0.1, 0.15) is 0 Å². The van der Waals surface area contributed by atoms with Gasteiger partial charge in [0.2, 0.25) is 11.9 Å². The maximum Gasteiger partial charge on any atom is 0.393 e. The van der Waals surface area contributed by atoms with Gasteiger partial charge in [0.05, 0.1) is 57.0 Å². The number of hydrogen-bond acceptors (Lipinski definition) is 5. The molecule has 0 saturated carbocycles. The summed E-state index contributed by atoms with van der Waals surface area (Å²) >= 11 is 13.0. The van der Waals surface area contributed by atoms with Crippen molar-refractivity contribution in [2.75, 3.05) is 36.5 Å². The number of halogens is 5. The molecule has 5 rings (SSSR count). The van der Waals surface area contributed by atoms with Crippen LogP contribution in [0.25, 0.3) is 11.0 Å². The number of amides is 1. The van der Waals surface area contributed by atoms with Crippen molar-refractivity contribution in [3.63, 3.8) is 0 Å². The van der Waals surface area contributed by atoms with Crippen molar-refractivity contribution >= 4 is 57.5 Å². The molecular weight excluding hydrogens is 542 g/mol. The first-order chi connectivity index (χ1) is 17.9. The van der Waals surface area contributed by atoms with Crippen LogP contribution in [-0.4, -0.2) is 47.9 Å². The topological polar surface area (TPSA) is 71.4 Å². The van der Waals surface area contributed by atoms with E-state index in [0.29, 0.717) is 65.6 Å². The highest BCUT2D eigenvalue weighted by Gasteiger charge is 2.42. The van der Waals surface area contributed by atoms with Crippen molar-refractivity contribution in [3.05, 3.63) is 45.9 Å². The number of piperidine rings is 1. The summed E-state index contributed by atoms with van der Waals surface area (Å²) in [5.74, 6) is -0.954. The van der Waals surface area contributed by atoms with E-state index in [4.69, 9.17) is 27.9 Å². The average molecular weight is 570 g/mol. The lowest BCUT2D eigenvalue weighted by Gasteiger charge is -2.36. The van der Waals surface area contributed by atoms with Gasteiger partial charge in [-0.25, -0.2) is 4.98 Å². The number of aromatic nitrogens is 2. The number of imidazole rings is 1. The first-order valence-corrected chi connectivity index (χ1v) is 13.1. The summed E-state index contributed by atoms with van der Waals surface area (Å²) in [6.07, 6.45) is -3.67. The van der Waals surface area contributed by atoms with Crippen LogP contribution in [0.2, 0.25) is 10.0 Å². The molecule has 2 fully saturated rings. The number of nitrogens with one attached hydrogen (secondary N) is 2. The van der Waals surface area contributed by atoms with E-state index in [-0.39, 0.29) is 18.9 Å². The maximum atomic E-state index is 13.4. The van der Waals surface area contributed by atoms with Crippen LogP contribution in [0.15, 0.2) is 30.3 Å². The lowest BCUT2D eigenvalue weighted by molar-refractivity contribution is -0.176. The summed E-state index contributed by atoms with van der Waals surface area (Å²) in [5, 5.41) is 7.00. The summed E-state index contributed by atoms with van der Waals surface area (Å²) in [6, 6.07) is 8.87. The Kier molecular flexibility index (Phi) is 7.17. The molecule has 0 aliphatic carbocycles. The summed E-state index contributed by atoms with van der Waals surface area (Å²) in [6.45, 7) is 3.39. The summed E-state index contributed by atoms with van der Waals surface area (Å²) < 4.78 is 47.0. The fourth-order valence-corrected chi connectivity index (χ4v) is 5.29. The number of aryl methyl sites for hydroxylation is 1. The number of anilines is 3. The first-order valence-electron chi connectivity index (χ1n) is 12.3. The Labute approximate surface area is 228 Å². The number of alkyl halides is 3. The number of carbonyl (C=O) groups excluding carboxylic acids is 1. The average Bonchev–Trinajstić information content (AvgIpc) is 3.15. The number of rotatable bonds is 6. The zero-order chi connectivity index (χ0) is 27.2. The van der Waals surface area contributed by atoms with Crippen molar-refractivity contribution in [1.29, 1.82) is 0 Å². The quantitative estimate of drug-likeness (QED) is 0.378. The lowest BCUT2D eigenvalue weighted by Crippen LogP contribution is -2.51. The Bertz CT molecular complexity index is 1370. The van der Waals surface area contributed by atoms with Gasteiger partial charge in [-0.1, -0.05) is 29.3 Å². The van der Waals surface area contributed by atoms with Gasteiger partial charge < -0.3 is 24.8 Å². The Hall–Kier alpha value is -2.69. The van der Waals surface area contributed by atoms with E-state index in [9.17, 15) is 18.0 Å². The molecule has 1 atom stereocenters. The summed E-state index contributed by atoms with van der Waals surface area (Å²) in [7, 11) is 1.81. The molecule has 1 aromatic heterocycles. The first kappa shape index (κ1) is 26.9. The van der Waals surface area contributed by atoms with Gasteiger partial charge in [-0.15, -0.1) is 0 Å². The zero-order valence-corrected chi connectivity index (χ0v) is 22.5. The molecule has 2 aromatic carbocycles. The molecule has 12 heteroatoms. The number of carbonyl (C=O) groups is 1. The zero-order valence-electron chi connectivity index (χ0n) is 21.0. The van der Waals surface area contributed by atoms with E-state index in [1.165, 1.54) is 0 Å². The van der Waals surface area contributed by atoms with E-state index >= 15 is 0 Å². The van der Waals surface area contributed by atoms with Crippen LogP contribution in [0, 0.1) is 11.3 Å². The summed E-state index contributed by atoms with van der Waals surface area (Å²) in [5.41, 5.74) is 2.83. The number of nitrogens with zero attached hydrogens (tertiary/aromatic N) is 3. The Morgan fingerprint density at radius 1 is 1.21 bits per heavy atom. The third-order valence-electron chi connectivity index (χ3n) is 7.29. The SMILES string of the molecule is Cn1c(Nc2cc(CNC(=O)C3(C)COC3)ccc2Cl)nc2cc(Cl)c(N3CCCC(C(F)(F)F)C3)cc21. The fraction of sp³-hybridized carbons (Fsp3) is 0.462. The van der Waals surface area contributed by atoms with E-state index in [1.54, 1.807) is 23.1 Å². The van der Waals surface area contributed by atoms with Gasteiger partial charge in [0, 0.05) is 26.7 Å². The number of benzene rings is 2. The minimum Gasteiger partial charge on any atom is -0.379 e. The maximum absolute atomic E-state index is 13.4. The molecular formula is C26H28Cl2F3N5O2. The van der Waals surface area contributed by atoms with Crippen molar-refractivity contribution in [2.45, 2.75) is 32.5 Å². The second-order valence-electron chi connectivity index (χ2n) is 10.3. The van der Waals surface area contributed by atoms with Crippen LogP contribution in [0.5, 0.6) is 0 Å². The predicted octanol–water partition coefficient (Wildman–Crippen LogP) is 6.06. The molecule has 0 spiro atoms. The number of fused-ring (bicyclic) bond motifs is 1. The molecule has 38 heavy (non-hydrogen) atoms. The molecule has 2 aliphatic rings. The monoisotopic (exact) mass is 569 g/mol. The van der Waals surface area contributed by atoms with Gasteiger partial charge in [-0.2, -0.15) is 13.2 Å². The largest absolute Gasteiger partial charge is 0.393 e. The molecule has 1 amide bonds. The van der Waals surface area contributed by atoms with Crippen LogP contribution in [0.1, 0.15) is 25.3 Å². The molecule has 2 aliphatic heterocycles. The third kappa shape index (κ3) is 5.26. The van der Waals surface area contributed by atoms with Crippen LogP contribution < -0.4 is 15.5 Å². The molecule has 3 heterocycles. The Balaban J connectivity index is 1.36. The highest BCUT2D eigenvalue weighted by molar-refractivity contribution is 6.34. The second kappa shape index (κ2) is 10.1. The van der Waals surface area contributed by atoms with Gasteiger partial charge in [0.15, 0.2) is 0 Å². The van der Waals surface area contributed by atoms with Gasteiger partial charge >= 0.3 is 6.18 Å². The second-order valence-corrected chi connectivity index (χ2v) is 11.1. The van der Waals surface area contributed by atoms with Gasteiger partial charge in [-0.05, 0) is 49.6 Å². The lowest BCUT2D eigenvalue weighted by atomic mass is 9.87. The van der Waals surface area contributed by atoms with E-state index in [1.807, 2.05) is 30.7 Å². The van der Waals surface area contributed by atoms with Crippen molar-refractivity contribution in [2.24, 2.45) is 18.4 Å². The standard InChI is InChI=1S/C26H28Cl2F3N5O2/c1-25(13-38-14-25)23(37)32-11-15-5-6-17(27)19(8-15)33-24-34-20-9-18(28)21(10-22(20)35(24)2)36-7-3-4-16(12-36)26(29,30)31/h5-6,8-10,16H,3-4,7,11-14H2,1-2H3,(H,32,37)(H,33,34). The minimum absolute atomic E-state index is 0.0634. The van der Waals surface area contributed by atoms with E-state index < -0.39 is 17.5 Å². The highest BCUT2D eigenvalue weighted by atomic mass is 35.5. The Morgan fingerprint density at radius 3 is 2.66 bits per heavy atom. The highest BCUT2D eigenvalue weighted by Crippen LogP contribution is 2.39. The smallest absolute Gasteiger partial charge is 0.379 e. The molecule has 1 unspecified atom stereocenters. The van der Waals surface area contributed by atoms with Crippen molar-refractivity contribution < 1.29 is 22.7 Å². The molecule has 7 nitrogen and oxygen atoms in total. The molecule has 204 valence electrons. The van der Waals surface area contributed by atoms with Crippen molar-refractivity contribution in [3.8, 4) is 0 Å². The van der Waals surface area contributed by atoms with Crippen LogP contribution in [0.3, 0.4) is 0 Å². The van der Waals surface area contributed by atoms with Crippen LogP contribution in [0.4, 0.5) is 30.5 Å². The molecule has 0 bridgehead atoms. The molecule has 2 saturated heterocycles. The van der Waals surface area contributed by atoms with Gasteiger partial charge in [0.25, 0.3) is 0 Å².